The average Bonchev–Trinajstić information content (AvgIpc) is 2.88. The molecule has 0 radical (unpaired) electrons. The lowest BCUT2D eigenvalue weighted by Gasteiger charge is -2.34. The van der Waals surface area contributed by atoms with Crippen LogP contribution in [0.5, 0.6) is 5.88 Å². The number of piperidine rings is 1. The van der Waals surface area contributed by atoms with Gasteiger partial charge in [-0.15, -0.1) is 11.8 Å². The number of nitrogens with zero attached hydrogens (tertiary/aromatic N) is 3. The first-order valence-corrected chi connectivity index (χ1v) is 13.1. The lowest BCUT2D eigenvalue weighted by molar-refractivity contribution is -0.113. The van der Waals surface area contributed by atoms with E-state index < -0.39 is 6.10 Å². The highest BCUT2D eigenvalue weighted by Gasteiger charge is 2.24. The van der Waals surface area contributed by atoms with E-state index >= 15 is 0 Å². The fourth-order valence-corrected chi connectivity index (χ4v) is 5.74. The molecule has 0 bridgehead atoms. The van der Waals surface area contributed by atoms with Crippen LogP contribution < -0.4 is 15.4 Å². The summed E-state index contributed by atoms with van der Waals surface area (Å²) < 4.78 is 19.8. The molecule has 190 valence electrons. The second kappa shape index (κ2) is 11.1. The molecule has 1 amide bonds. The number of hydrogen-bond acceptors (Lipinski definition) is 8. The van der Waals surface area contributed by atoms with Crippen molar-refractivity contribution in [2.24, 2.45) is 5.92 Å². The number of nitrogens with one attached hydrogen (secondary N) is 2. The summed E-state index contributed by atoms with van der Waals surface area (Å²) in [5, 5.41) is 17.3. The second-order valence-electron chi connectivity index (χ2n) is 9.32. The van der Waals surface area contributed by atoms with Gasteiger partial charge in [0.05, 0.1) is 41.9 Å². The Kier molecular flexibility index (Phi) is 7.66. The van der Waals surface area contributed by atoms with Crippen LogP contribution in [0, 0.1) is 11.7 Å². The molecule has 0 aliphatic carbocycles. The molecule has 5 rings (SSSR count). The molecule has 1 fully saturated rings. The molecule has 2 aromatic carbocycles. The number of rotatable bonds is 8. The van der Waals surface area contributed by atoms with Crippen molar-refractivity contribution in [1.82, 2.24) is 20.2 Å². The van der Waals surface area contributed by atoms with Crippen molar-refractivity contribution in [3.63, 3.8) is 0 Å². The Hall–Kier alpha value is -2.79. The normalized spacial score (nSPS) is 19.1. The van der Waals surface area contributed by atoms with Crippen LogP contribution in [0.15, 0.2) is 41.4 Å². The third-order valence-electron chi connectivity index (χ3n) is 6.71. The first-order chi connectivity index (χ1) is 17.5. The second-order valence-corrected chi connectivity index (χ2v) is 10.3. The molecule has 1 aromatic heterocycles. The summed E-state index contributed by atoms with van der Waals surface area (Å²) in [6.07, 6.45) is 3.00. The first kappa shape index (κ1) is 24.9. The van der Waals surface area contributed by atoms with Crippen molar-refractivity contribution in [1.29, 1.82) is 0 Å². The van der Waals surface area contributed by atoms with Gasteiger partial charge in [-0.3, -0.25) is 4.79 Å². The van der Waals surface area contributed by atoms with E-state index in [-0.39, 0.29) is 11.7 Å². The zero-order chi connectivity index (χ0) is 25.1. The van der Waals surface area contributed by atoms with E-state index in [1.54, 1.807) is 19.4 Å². The van der Waals surface area contributed by atoms with Gasteiger partial charge in [0.1, 0.15) is 5.82 Å². The predicted molar refractivity (Wildman–Crippen MR) is 138 cm³/mol. The number of thioether (sulfide) groups is 1. The minimum absolute atomic E-state index is 0.0582. The molecular formula is C26H30FN5O3S. The maximum Gasteiger partial charge on any atom is 0.234 e. The van der Waals surface area contributed by atoms with Crippen molar-refractivity contribution < 1.29 is 19.0 Å². The number of hydrogen-bond donors (Lipinski definition) is 3. The third-order valence-corrected chi connectivity index (χ3v) is 7.77. The van der Waals surface area contributed by atoms with E-state index in [0.29, 0.717) is 47.4 Å². The van der Waals surface area contributed by atoms with E-state index in [1.807, 2.05) is 18.2 Å². The van der Waals surface area contributed by atoms with Crippen molar-refractivity contribution in [2.75, 3.05) is 44.4 Å². The number of benzene rings is 2. The van der Waals surface area contributed by atoms with Crippen molar-refractivity contribution in [3.05, 3.63) is 53.5 Å². The Morgan fingerprint density at radius 2 is 2.28 bits per heavy atom. The van der Waals surface area contributed by atoms with Gasteiger partial charge in [0, 0.05) is 35.7 Å². The molecule has 2 aliphatic rings. The predicted octanol–water partition coefficient (Wildman–Crippen LogP) is 3.36. The van der Waals surface area contributed by atoms with Crippen LogP contribution in [0.2, 0.25) is 0 Å². The third kappa shape index (κ3) is 5.62. The van der Waals surface area contributed by atoms with Crippen molar-refractivity contribution in [2.45, 2.75) is 30.4 Å². The molecule has 3 heterocycles. The number of aliphatic hydroxyl groups is 1. The highest BCUT2D eigenvalue weighted by molar-refractivity contribution is 8.00. The van der Waals surface area contributed by atoms with Gasteiger partial charge in [0.15, 0.2) is 0 Å². The number of para-hydroxylation sites is 1. The van der Waals surface area contributed by atoms with Crippen LogP contribution in [0.3, 0.4) is 0 Å². The number of carbonyl (C=O) groups is 1. The number of anilines is 1. The van der Waals surface area contributed by atoms with Gasteiger partial charge in [0.25, 0.3) is 0 Å². The maximum atomic E-state index is 14.5. The molecule has 2 atom stereocenters. The van der Waals surface area contributed by atoms with Crippen molar-refractivity contribution in [3.8, 4) is 5.88 Å². The monoisotopic (exact) mass is 511 g/mol. The molecule has 1 saturated heterocycles. The Morgan fingerprint density at radius 1 is 1.39 bits per heavy atom. The average molecular weight is 512 g/mol. The lowest BCUT2D eigenvalue weighted by Crippen LogP contribution is -2.41. The molecule has 0 spiro atoms. The minimum Gasteiger partial charge on any atom is -0.480 e. The molecule has 3 aromatic rings. The standard InChI is InChI=1S/C26H30FN5O3S/c1-35-25-12-29-20-6-2-5-18(26(20)31-25)22(33)14-32-7-3-4-16(13-32)10-28-11-17-8-21-23(9-19(17)27)36-15-24(34)30-21/h2,5-6,8-9,12,16,22,28,33H,3-4,7,10-11,13-15H2,1H3,(H,30,34). The number of β-amino-alcohol motifs (C(OH)–C–C–N with tert-alkyl or cyclic N) is 1. The van der Waals surface area contributed by atoms with Crippen LogP contribution in [0.4, 0.5) is 10.1 Å². The summed E-state index contributed by atoms with van der Waals surface area (Å²) >= 11 is 1.36. The summed E-state index contributed by atoms with van der Waals surface area (Å²) in [6.45, 7) is 3.43. The number of carbonyl (C=O) groups excluding carboxylic acids is 1. The summed E-state index contributed by atoms with van der Waals surface area (Å²) in [6, 6.07) is 8.88. The number of aliphatic hydroxyl groups excluding tert-OH is 1. The van der Waals surface area contributed by atoms with E-state index in [9.17, 15) is 14.3 Å². The van der Waals surface area contributed by atoms with Gasteiger partial charge in [-0.25, -0.2) is 14.4 Å². The fraction of sp³-hybridized carbons (Fsp3) is 0.423. The quantitative estimate of drug-likeness (QED) is 0.424. The van der Waals surface area contributed by atoms with Gasteiger partial charge in [-0.2, -0.15) is 0 Å². The molecule has 3 N–H and O–H groups in total. The van der Waals surface area contributed by atoms with Crippen LogP contribution >= 0.6 is 11.8 Å². The molecule has 10 heteroatoms. The topological polar surface area (TPSA) is 99.6 Å². The number of aromatic nitrogens is 2. The first-order valence-electron chi connectivity index (χ1n) is 12.2. The summed E-state index contributed by atoms with van der Waals surface area (Å²) in [7, 11) is 1.55. The van der Waals surface area contributed by atoms with E-state index in [0.717, 1.165) is 48.5 Å². The van der Waals surface area contributed by atoms with Gasteiger partial charge in [-0.1, -0.05) is 12.1 Å². The Labute approximate surface area is 213 Å². The van der Waals surface area contributed by atoms with Gasteiger partial charge in [0.2, 0.25) is 11.8 Å². The molecule has 8 nitrogen and oxygen atoms in total. The van der Waals surface area contributed by atoms with E-state index in [2.05, 4.69) is 25.5 Å². The highest BCUT2D eigenvalue weighted by atomic mass is 32.2. The van der Waals surface area contributed by atoms with Gasteiger partial charge >= 0.3 is 0 Å². The smallest absolute Gasteiger partial charge is 0.234 e. The summed E-state index contributed by atoms with van der Waals surface area (Å²) in [5.41, 5.74) is 3.35. The molecule has 2 aliphatic heterocycles. The number of halogens is 1. The maximum absolute atomic E-state index is 14.5. The molecule has 2 unspecified atom stereocenters. The number of methoxy groups -OCH3 is 1. The number of likely N-dealkylation sites (tertiary alicyclic amines) is 1. The largest absolute Gasteiger partial charge is 0.480 e. The number of amides is 1. The Balaban J connectivity index is 1.17. The molecule has 0 saturated carbocycles. The van der Waals surface area contributed by atoms with Crippen LogP contribution in [-0.4, -0.2) is 64.9 Å². The fourth-order valence-electron chi connectivity index (χ4n) is 4.93. The van der Waals surface area contributed by atoms with E-state index in [1.165, 1.54) is 17.8 Å². The minimum atomic E-state index is -0.695. The van der Waals surface area contributed by atoms with E-state index in [4.69, 9.17) is 4.74 Å². The summed E-state index contributed by atoms with van der Waals surface area (Å²) in [5.74, 6) is 0.821. The summed E-state index contributed by atoms with van der Waals surface area (Å²) in [4.78, 5) is 23.6. The number of fused-ring (bicyclic) bond motifs is 2. The van der Waals surface area contributed by atoms with Gasteiger partial charge in [-0.05, 0) is 50.0 Å². The lowest BCUT2D eigenvalue weighted by atomic mass is 9.97. The van der Waals surface area contributed by atoms with Crippen LogP contribution in [0.25, 0.3) is 11.0 Å². The van der Waals surface area contributed by atoms with Gasteiger partial charge < -0.3 is 25.4 Å². The molecular weight excluding hydrogens is 481 g/mol. The van der Waals surface area contributed by atoms with Crippen molar-refractivity contribution >= 4 is 34.4 Å². The zero-order valence-corrected chi connectivity index (χ0v) is 21.0. The van der Waals surface area contributed by atoms with Crippen LogP contribution in [0.1, 0.15) is 30.1 Å². The Morgan fingerprint density at radius 3 is 3.14 bits per heavy atom. The SMILES string of the molecule is COc1cnc2cccc(C(O)CN3CCCC(CNCc4cc5c(cc4F)SCC(=O)N5)C3)c2n1. The highest BCUT2D eigenvalue weighted by Crippen LogP contribution is 2.33. The number of ether oxygens (including phenoxy) is 1. The Bertz CT molecular complexity index is 1260. The molecule has 36 heavy (non-hydrogen) atoms. The zero-order valence-electron chi connectivity index (χ0n) is 20.2. The van der Waals surface area contributed by atoms with Crippen LogP contribution in [-0.2, 0) is 11.3 Å².